The number of carbonyl (C=O) groups excluding carboxylic acids is 2. The van der Waals surface area contributed by atoms with Crippen molar-refractivity contribution in [1.29, 1.82) is 0 Å². The lowest BCUT2D eigenvalue weighted by Gasteiger charge is -2.38. The molecular weight excluding hydrogens is 390 g/mol. The van der Waals surface area contributed by atoms with Crippen LogP contribution in [-0.2, 0) is 19.6 Å². The van der Waals surface area contributed by atoms with E-state index in [2.05, 4.69) is 17.2 Å². The molecule has 1 aromatic carbocycles. The number of amides is 2. The van der Waals surface area contributed by atoms with Gasteiger partial charge in [-0.05, 0) is 42.7 Å². The largest absolute Gasteiger partial charge is 0.347 e. The van der Waals surface area contributed by atoms with Crippen molar-refractivity contribution in [3.05, 3.63) is 36.9 Å². The summed E-state index contributed by atoms with van der Waals surface area (Å²) in [4.78, 5) is 23.6. The topological polar surface area (TPSA) is 95.6 Å². The molecule has 0 aromatic heterocycles. The molecule has 2 amide bonds. The van der Waals surface area contributed by atoms with Gasteiger partial charge in [-0.3, -0.25) is 9.59 Å². The van der Waals surface area contributed by atoms with Gasteiger partial charge in [0.2, 0.25) is 21.8 Å². The summed E-state index contributed by atoms with van der Waals surface area (Å²) in [5.74, 6) is 0.309. The number of sulfonamides is 1. The lowest BCUT2D eigenvalue weighted by Crippen LogP contribution is -2.60. The standard InChI is InChI=1S/C21H29N3O4S/c1-2-20(25)23-18-14-24(15-18)29(27,28)19-11-9-17(10-12-19)22-21(26)13-8-16-6-4-3-5-7-16/h2,9-12,16,18H,1,3-8,13-15H2,(H,22,26)(H,23,25). The molecule has 1 aromatic rings. The molecule has 0 unspecified atom stereocenters. The van der Waals surface area contributed by atoms with E-state index in [0.717, 1.165) is 6.42 Å². The van der Waals surface area contributed by atoms with Crippen LogP contribution >= 0.6 is 0 Å². The zero-order valence-corrected chi connectivity index (χ0v) is 17.4. The average Bonchev–Trinajstić information content (AvgIpc) is 2.69. The highest BCUT2D eigenvalue weighted by atomic mass is 32.2. The van der Waals surface area contributed by atoms with Gasteiger partial charge in [0.1, 0.15) is 0 Å². The molecule has 0 spiro atoms. The summed E-state index contributed by atoms with van der Waals surface area (Å²) < 4.78 is 26.6. The fourth-order valence-electron chi connectivity index (χ4n) is 3.88. The monoisotopic (exact) mass is 419 g/mol. The summed E-state index contributed by atoms with van der Waals surface area (Å²) in [6, 6.07) is 6.03. The van der Waals surface area contributed by atoms with Gasteiger partial charge in [-0.15, -0.1) is 0 Å². The van der Waals surface area contributed by atoms with E-state index in [1.165, 1.54) is 54.6 Å². The number of carbonyl (C=O) groups is 2. The van der Waals surface area contributed by atoms with Crippen LogP contribution in [-0.4, -0.2) is 43.7 Å². The van der Waals surface area contributed by atoms with Crippen LogP contribution in [0.3, 0.4) is 0 Å². The van der Waals surface area contributed by atoms with E-state index in [-0.39, 0.29) is 35.8 Å². The first-order valence-electron chi connectivity index (χ1n) is 10.2. The van der Waals surface area contributed by atoms with Gasteiger partial charge in [-0.25, -0.2) is 8.42 Å². The predicted molar refractivity (Wildman–Crippen MR) is 112 cm³/mol. The summed E-state index contributed by atoms with van der Waals surface area (Å²) >= 11 is 0. The van der Waals surface area contributed by atoms with Gasteiger partial charge < -0.3 is 10.6 Å². The molecule has 2 fully saturated rings. The van der Waals surface area contributed by atoms with Crippen molar-refractivity contribution in [3.63, 3.8) is 0 Å². The number of nitrogens with one attached hydrogen (secondary N) is 2. The Hall–Kier alpha value is -2.19. The van der Waals surface area contributed by atoms with Gasteiger partial charge in [0.05, 0.1) is 10.9 Å². The van der Waals surface area contributed by atoms with Crippen LogP contribution in [0, 0.1) is 5.92 Å². The number of anilines is 1. The van der Waals surface area contributed by atoms with Crippen LogP contribution in [0.15, 0.2) is 41.8 Å². The molecule has 7 nitrogen and oxygen atoms in total. The molecule has 1 aliphatic heterocycles. The zero-order chi connectivity index (χ0) is 20.9. The van der Waals surface area contributed by atoms with Gasteiger partial charge in [0, 0.05) is 25.2 Å². The normalized spacial score (nSPS) is 18.6. The van der Waals surface area contributed by atoms with E-state index >= 15 is 0 Å². The minimum atomic E-state index is -3.60. The lowest BCUT2D eigenvalue weighted by atomic mass is 9.86. The summed E-state index contributed by atoms with van der Waals surface area (Å²) in [6.45, 7) is 3.85. The third-order valence-corrected chi connectivity index (χ3v) is 7.51. The summed E-state index contributed by atoms with van der Waals surface area (Å²) in [7, 11) is -3.60. The first-order valence-corrected chi connectivity index (χ1v) is 11.7. The zero-order valence-electron chi connectivity index (χ0n) is 16.6. The Morgan fingerprint density at radius 1 is 1.10 bits per heavy atom. The molecule has 1 heterocycles. The Balaban J connectivity index is 1.48. The predicted octanol–water partition coefficient (Wildman–Crippen LogP) is 2.66. The molecule has 1 aliphatic carbocycles. The molecule has 29 heavy (non-hydrogen) atoms. The Kier molecular flexibility index (Phi) is 7.08. The van der Waals surface area contributed by atoms with E-state index in [1.54, 1.807) is 12.1 Å². The number of hydrogen-bond donors (Lipinski definition) is 2. The lowest BCUT2D eigenvalue weighted by molar-refractivity contribution is -0.118. The highest BCUT2D eigenvalue weighted by Gasteiger charge is 2.37. The fourth-order valence-corrected chi connectivity index (χ4v) is 5.41. The summed E-state index contributed by atoms with van der Waals surface area (Å²) in [6.07, 6.45) is 8.84. The smallest absolute Gasteiger partial charge is 0.243 e. The van der Waals surface area contributed by atoms with Crippen molar-refractivity contribution < 1.29 is 18.0 Å². The van der Waals surface area contributed by atoms with Crippen molar-refractivity contribution in [3.8, 4) is 0 Å². The van der Waals surface area contributed by atoms with Gasteiger partial charge in [0.25, 0.3) is 0 Å². The molecule has 0 bridgehead atoms. The highest BCUT2D eigenvalue weighted by Crippen LogP contribution is 2.27. The maximum atomic E-state index is 12.6. The third-order valence-electron chi connectivity index (χ3n) is 5.66. The molecule has 0 radical (unpaired) electrons. The Bertz CT molecular complexity index is 839. The molecule has 2 aliphatic rings. The number of benzene rings is 1. The molecule has 8 heteroatoms. The maximum Gasteiger partial charge on any atom is 0.243 e. The summed E-state index contributed by atoms with van der Waals surface area (Å²) in [5, 5.41) is 5.52. The van der Waals surface area contributed by atoms with E-state index in [1.807, 2.05) is 0 Å². The maximum absolute atomic E-state index is 12.6. The average molecular weight is 420 g/mol. The Labute approximate surface area is 172 Å². The highest BCUT2D eigenvalue weighted by molar-refractivity contribution is 7.89. The van der Waals surface area contributed by atoms with Crippen LogP contribution < -0.4 is 10.6 Å². The second-order valence-corrected chi connectivity index (χ2v) is 9.78. The van der Waals surface area contributed by atoms with Crippen molar-refractivity contribution in [2.24, 2.45) is 5.92 Å². The third kappa shape index (κ3) is 5.67. The molecular formula is C21H29N3O4S. The minimum Gasteiger partial charge on any atom is -0.347 e. The molecule has 0 atom stereocenters. The van der Waals surface area contributed by atoms with Crippen LogP contribution in [0.1, 0.15) is 44.9 Å². The van der Waals surface area contributed by atoms with Crippen LogP contribution in [0.5, 0.6) is 0 Å². The van der Waals surface area contributed by atoms with Crippen molar-refractivity contribution in [1.82, 2.24) is 9.62 Å². The minimum absolute atomic E-state index is 0.0327. The quantitative estimate of drug-likeness (QED) is 0.633. The first-order chi connectivity index (χ1) is 13.9. The number of rotatable bonds is 8. The van der Waals surface area contributed by atoms with Crippen molar-refractivity contribution in [2.75, 3.05) is 18.4 Å². The van der Waals surface area contributed by atoms with Gasteiger partial charge >= 0.3 is 0 Å². The van der Waals surface area contributed by atoms with Crippen LogP contribution in [0.25, 0.3) is 0 Å². The van der Waals surface area contributed by atoms with E-state index in [0.29, 0.717) is 18.0 Å². The Morgan fingerprint density at radius 2 is 1.76 bits per heavy atom. The van der Waals surface area contributed by atoms with E-state index in [4.69, 9.17) is 0 Å². The number of hydrogen-bond acceptors (Lipinski definition) is 4. The SMILES string of the molecule is C=CC(=O)NC1CN(S(=O)(=O)c2ccc(NC(=O)CCC3CCCCC3)cc2)C1. The number of nitrogens with zero attached hydrogens (tertiary/aromatic N) is 1. The molecule has 2 N–H and O–H groups in total. The van der Waals surface area contributed by atoms with Crippen LogP contribution in [0.4, 0.5) is 5.69 Å². The van der Waals surface area contributed by atoms with E-state index in [9.17, 15) is 18.0 Å². The van der Waals surface area contributed by atoms with Crippen LogP contribution in [0.2, 0.25) is 0 Å². The van der Waals surface area contributed by atoms with E-state index < -0.39 is 10.0 Å². The fraction of sp³-hybridized carbons (Fsp3) is 0.524. The second-order valence-electron chi connectivity index (χ2n) is 7.85. The molecule has 3 rings (SSSR count). The Morgan fingerprint density at radius 3 is 2.38 bits per heavy atom. The van der Waals surface area contributed by atoms with Crippen molar-refractivity contribution in [2.45, 2.75) is 55.9 Å². The van der Waals surface area contributed by atoms with Gasteiger partial charge in [0.15, 0.2) is 0 Å². The van der Waals surface area contributed by atoms with Crippen molar-refractivity contribution >= 4 is 27.5 Å². The molecule has 1 saturated carbocycles. The van der Waals surface area contributed by atoms with Gasteiger partial charge in [-0.1, -0.05) is 38.7 Å². The molecule has 1 saturated heterocycles. The van der Waals surface area contributed by atoms with Gasteiger partial charge in [-0.2, -0.15) is 4.31 Å². The summed E-state index contributed by atoms with van der Waals surface area (Å²) in [5.41, 5.74) is 0.595. The second kappa shape index (κ2) is 9.54. The molecule has 158 valence electrons. The first kappa shape index (κ1) is 21.5.